The second-order valence-corrected chi connectivity index (χ2v) is 5.45. The number of hydrogen-bond donors (Lipinski definition) is 2. The number of rotatable bonds is 4. The van der Waals surface area contributed by atoms with Crippen molar-refractivity contribution in [3.05, 3.63) is 0 Å². The van der Waals surface area contributed by atoms with Gasteiger partial charge in [0.15, 0.2) is 0 Å². The topological polar surface area (TPSA) is 49.3 Å². The third-order valence-electron chi connectivity index (χ3n) is 1.46. The molecule has 0 radical (unpaired) electrons. The molecule has 0 saturated heterocycles. The fourth-order valence-corrected chi connectivity index (χ4v) is 0.682. The van der Waals surface area contributed by atoms with Gasteiger partial charge >= 0.3 is 0 Å². The molecule has 0 saturated carbocycles. The Labute approximate surface area is 81.7 Å². The lowest BCUT2D eigenvalue weighted by Crippen LogP contribution is -2.40. The van der Waals surface area contributed by atoms with Crippen molar-refractivity contribution >= 4 is 21.8 Å². The first-order chi connectivity index (χ1) is 5.38. The van der Waals surface area contributed by atoms with Gasteiger partial charge in [-0.05, 0) is 19.8 Å². The lowest BCUT2D eigenvalue weighted by atomic mass is 10.1. The van der Waals surface area contributed by atoms with Gasteiger partial charge < -0.3 is 10.4 Å². The number of alkyl halides is 1. The normalized spacial score (nSPS) is 14.1. The average molecular weight is 238 g/mol. The van der Waals surface area contributed by atoms with Gasteiger partial charge in [0, 0.05) is 13.2 Å². The van der Waals surface area contributed by atoms with Crippen molar-refractivity contribution in [1.29, 1.82) is 0 Å². The van der Waals surface area contributed by atoms with Crippen LogP contribution in [0.5, 0.6) is 0 Å². The maximum atomic E-state index is 11.2. The number of nitrogens with one attached hydrogen (secondary N) is 1. The molecule has 0 aromatic carbocycles. The van der Waals surface area contributed by atoms with E-state index in [1.807, 2.05) is 6.92 Å². The van der Waals surface area contributed by atoms with Crippen LogP contribution in [0.4, 0.5) is 0 Å². The van der Waals surface area contributed by atoms with Crippen LogP contribution >= 0.6 is 15.9 Å². The molecule has 72 valence electrons. The molecule has 0 aliphatic rings. The first-order valence-electron chi connectivity index (χ1n) is 3.96. The van der Waals surface area contributed by atoms with Crippen molar-refractivity contribution in [2.45, 2.75) is 25.1 Å². The van der Waals surface area contributed by atoms with Crippen LogP contribution in [-0.4, -0.2) is 28.5 Å². The van der Waals surface area contributed by atoms with Gasteiger partial charge in [0.25, 0.3) is 0 Å². The summed E-state index contributed by atoms with van der Waals surface area (Å²) in [6.45, 7) is 6.06. The maximum Gasteiger partial charge on any atom is 0.236 e. The van der Waals surface area contributed by atoms with E-state index >= 15 is 0 Å². The molecule has 0 aliphatic heterocycles. The van der Waals surface area contributed by atoms with Crippen molar-refractivity contribution in [1.82, 2.24) is 5.32 Å². The molecule has 0 aromatic heterocycles. The molecule has 0 bridgehead atoms. The van der Waals surface area contributed by atoms with E-state index in [0.717, 1.165) is 0 Å². The zero-order valence-electron chi connectivity index (χ0n) is 7.72. The SMILES string of the molecule is CC(CO)CNC(=O)C(C)(C)Br. The summed E-state index contributed by atoms with van der Waals surface area (Å²) < 4.78 is -0.526. The summed E-state index contributed by atoms with van der Waals surface area (Å²) in [5, 5.41) is 11.4. The van der Waals surface area contributed by atoms with Gasteiger partial charge in [0.2, 0.25) is 5.91 Å². The Hall–Kier alpha value is -0.0900. The smallest absolute Gasteiger partial charge is 0.236 e. The summed E-state index contributed by atoms with van der Waals surface area (Å²) in [7, 11) is 0. The number of carbonyl (C=O) groups is 1. The summed E-state index contributed by atoms with van der Waals surface area (Å²) >= 11 is 3.24. The van der Waals surface area contributed by atoms with Crippen LogP contribution < -0.4 is 5.32 Å². The van der Waals surface area contributed by atoms with E-state index in [1.165, 1.54) is 0 Å². The quantitative estimate of drug-likeness (QED) is 0.715. The Balaban J connectivity index is 3.73. The van der Waals surface area contributed by atoms with Gasteiger partial charge in [0.05, 0.1) is 4.32 Å². The number of aliphatic hydroxyl groups excluding tert-OH is 1. The van der Waals surface area contributed by atoms with Crippen molar-refractivity contribution < 1.29 is 9.90 Å². The number of hydrogen-bond acceptors (Lipinski definition) is 2. The highest BCUT2D eigenvalue weighted by Crippen LogP contribution is 2.15. The molecule has 4 heteroatoms. The highest BCUT2D eigenvalue weighted by Gasteiger charge is 2.23. The van der Waals surface area contributed by atoms with E-state index < -0.39 is 4.32 Å². The largest absolute Gasteiger partial charge is 0.396 e. The Bertz CT molecular complexity index is 154. The van der Waals surface area contributed by atoms with E-state index in [0.29, 0.717) is 6.54 Å². The molecule has 3 nitrogen and oxygen atoms in total. The van der Waals surface area contributed by atoms with Gasteiger partial charge in [-0.2, -0.15) is 0 Å². The van der Waals surface area contributed by atoms with Crippen LogP contribution in [0.15, 0.2) is 0 Å². The fraction of sp³-hybridized carbons (Fsp3) is 0.875. The highest BCUT2D eigenvalue weighted by molar-refractivity contribution is 9.10. The summed E-state index contributed by atoms with van der Waals surface area (Å²) in [6, 6.07) is 0. The molecule has 0 spiro atoms. The van der Waals surface area contributed by atoms with Crippen molar-refractivity contribution in [2.75, 3.05) is 13.2 Å². The van der Waals surface area contributed by atoms with Gasteiger partial charge in [-0.25, -0.2) is 0 Å². The second-order valence-electron chi connectivity index (χ2n) is 3.47. The molecule has 0 aromatic rings. The molecule has 0 fully saturated rings. The van der Waals surface area contributed by atoms with Gasteiger partial charge in [0.1, 0.15) is 0 Å². The zero-order valence-corrected chi connectivity index (χ0v) is 9.31. The van der Waals surface area contributed by atoms with E-state index in [9.17, 15) is 4.79 Å². The molecule has 2 N–H and O–H groups in total. The molecular weight excluding hydrogens is 222 g/mol. The van der Waals surface area contributed by atoms with Crippen molar-refractivity contribution in [3.63, 3.8) is 0 Å². The van der Waals surface area contributed by atoms with Crippen LogP contribution in [0.1, 0.15) is 20.8 Å². The minimum Gasteiger partial charge on any atom is -0.396 e. The molecule has 1 unspecified atom stereocenters. The molecular formula is C8H16BrNO2. The number of halogens is 1. The van der Waals surface area contributed by atoms with Crippen molar-refractivity contribution in [2.24, 2.45) is 5.92 Å². The summed E-state index contributed by atoms with van der Waals surface area (Å²) in [5.41, 5.74) is 0. The monoisotopic (exact) mass is 237 g/mol. The summed E-state index contributed by atoms with van der Waals surface area (Å²) in [6.07, 6.45) is 0. The van der Waals surface area contributed by atoms with Crippen molar-refractivity contribution in [3.8, 4) is 0 Å². The Morgan fingerprint density at radius 2 is 2.17 bits per heavy atom. The Morgan fingerprint density at radius 3 is 2.50 bits per heavy atom. The van der Waals surface area contributed by atoms with Crippen LogP contribution in [-0.2, 0) is 4.79 Å². The Kier molecular flexibility index (Phi) is 4.78. The summed E-state index contributed by atoms with van der Waals surface area (Å²) in [4.78, 5) is 11.2. The first-order valence-corrected chi connectivity index (χ1v) is 4.75. The number of carbonyl (C=O) groups excluding carboxylic acids is 1. The van der Waals surface area contributed by atoms with Gasteiger partial charge in [-0.15, -0.1) is 0 Å². The molecule has 1 amide bonds. The first kappa shape index (κ1) is 11.9. The summed E-state index contributed by atoms with van der Waals surface area (Å²) in [5.74, 6) is 0.0617. The van der Waals surface area contributed by atoms with Gasteiger partial charge in [-0.3, -0.25) is 4.79 Å². The third kappa shape index (κ3) is 4.72. The molecule has 0 rings (SSSR count). The third-order valence-corrected chi connectivity index (χ3v) is 1.82. The Morgan fingerprint density at radius 1 is 1.67 bits per heavy atom. The number of amides is 1. The lowest BCUT2D eigenvalue weighted by Gasteiger charge is -2.17. The molecule has 0 aliphatic carbocycles. The molecule has 12 heavy (non-hydrogen) atoms. The molecule has 1 atom stereocenters. The van der Waals surface area contributed by atoms with Crippen LogP contribution in [0, 0.1) is 5.92 Å². The predicted molar refractivity (Wildman–Crippen MR) is 52.3 cm³/mol. The highest BCUT2D eigenvalue weighted by atomic mass is 79.9. The minimum atomic E-state index is -0.526. The van der Waals surface area contributed by atoms with E-state index in [1.54, 1.807) is 13.8 Å². The maximum absolute atomic E-state index is 11.2. The second kappa shape index (κ2) is 4.82. The van der Waals surface area contributed by atoms with Crippen LogP contribution in [0.25, 0.3) is 0 Å². The standard InChI is InChI=1S/C8H16BrNO2/c1-6(5-11)4-10-7(12)8(2,3)9/h6,11H,4-5H2,1-3H3,(H,10,12). The lowest BCUT2D eigenvalue weighted by molar-refractivity contribution is -0.122. The zero-order chi connectivity index (χ0) is 9.78. The number of aliphatic hydroxyl groups is 1. The van der Waals surface area contributed by atoms with Crippen LogP contribution in [0.3, 0.4) is 0 Å². The van der Waals surface area contributed by atoms with Crippen LogP contribution in [0.2, 0.25) is 0 Å². The fourth-order valence-electron chi connectivity index (χ4n) is 0.542. The van der Waals surface area contributed by atoms with E-state index in [-0.39, 0.29) is 18.4 Å². The minimum absolute atomic E-state index is 0.0530. The van der Waals surface area contributed by atoms with E-state index in [2.05, 4.69) is 21.2 Å². The van der Waals surface area contributed by atoms with E-state index in [4.69, 9.17) is 5.11 Å². The van der Waals surface area contributed by atoms with Gasteiger partial charge in [-0.1, -0.05) is 22.9 Å². The predicted octanol–water partition coefficient (Wildman–Crippen LogP) is 0.904. The molecule has 0 heterocycles. The average Bonchev–Trinajstić information content (AvgIpc) is 1.97.